The van der Waals surface area contributed by atoms with Crippen molar-refractivity contribution in [2.45, 2.75) is 17.9 Å². The number of H-pyrrole nitrogens is 1. The molecule has 84 valence electrons. The van der Waals surface area contributed by atoms with Crippen LogP contribution in [0.3, 0.4) is 0 Å². The van der Waals surface area contributed by atoms with Crippen LogP contribution in [0.1, 0.15) is 6.92 Å². The van der Waals surface area contributed by atoms with Crippen LogP contribution in [0, 0.1) is 0 Å². The minimum absolute atomic E-state index is 0.106. The number of aromatic amines is 1. The first kappa shape index (κ1) is 10.7. The van der Waals surface area contributed by atoms with Crippen LogP contribution in [0.4, 0.5) is 0 Å². The second-order valence-corrected chi connectivity index (χ2v) is 5.46. The van der Waals surface area contributed by atoms with Crippen molar-refractivity contribution in [3.05, 3.63) is 18.5 Å². The van der Waals surface area contributed by atoms with Crippen molar-refractivity contribution in [2.24, 2.45) is 0 Å². The van der Waals surface area contributed by atoms with Gasteiger partial charge >= 0.3 is 0 Å². The van der Waals surface area contributed by atoms with Crippen molar-refractivity contribution in [2.75, 3.05) is 19.6 Å². The topological polar surface area (TPSA) is 65.2 Å². The highest BCUT2D eigenvalue weighted by Gasteiger charge is 2.33. The Labute approximate surface area is 89.5 Å². The van der Waals surface area contributed by atoms with Gasteiger partial charge in [0.1, 0.15) is 0 Å². The van der Waals surface area contributed by atoms with E-state index in [1.54, 1.807) is 16.6 Å². The van der Waals surface area contributed by atoms with Gasteiger partial charge in [-0.1, -0.05) is 6.92 Å². The van der Waals surface area contributed by atoms with Gasteiger partial charge in [0, 0.05) is 32.0 Å². The molecule has 2 N–H and O–H groups in total. The maximum absolute atomic E-state index is 12.1. The summed E-state index contributed by atoms with van der Waals surface area (Å²) in [4.78, 5) is 3.11. The smallest absolute Gasteiger partial charge is 0.244 e. The van der Waals surface area contributed by atoms with E-state index in [4.69, 9.17) is 0 Å². The van der Waals surface area contributed by atoms with Crippen LogP contribution >= 0.6 is 0 Å². The molecule has 6 heteroatoms. The first-order valence-electron chi connectivity index (χ1n) is 5.01. The average Bonchev–Trinajstić information content (AvgIpc) is 2.63. The first-order chi connectivity index (χ1) is 7.16. The Kier molecular flexibility index (Phi) is 2.81. The SMILES string of the molecule is CCN(C1CNC1)S(=O)(=O)c1cc[nH]c1. The van der Waals surface area contributed by atoms with Gasteiger partial charge < -0.3 is 10.3 Å². The van der Waals surface area contributed by atoms with Gasteiger partial charge in [-0.3, -0.25) is 0 Å². The Morgan fingerprint density at radius 2 is 2.27 bits per heavy atom. The molecule has 2 heterocycles. The fraction of sp³-hybridized carbons (Fsp3) is 0.556. The molecule has 15 heavy (non-hydrogen) atoms. The number of nitrogens with one attached hydrogen (secondary N) is 2. The molecular weight excluding hydrogens is 214 g/mol. The predicted octanol–water partition coefficient (Wildman–Crippen LogP) is -0.00290. The van der Waals surface area contributed by atoms with E-state index >= 15 is 0 Å². The van der Waals surface area contributed by atoms with Crippen molar-refractivity contribution in [1.29, 1.82) is 0 Å². The zero-order valence-corrected chi connectivity index (χ0v) is 9.42. The number of hydrogen-bond donors (Lipinski definition) is 2. The van der Waals surface area contributed by atoms with E-state index in [0.29, 0.717) is 11.4 Å². The van der Waals surface area contributed by atoms with Gasteiger partial charge in [0.25, 0.3) is 0 Å². The number of aromatic nitrogens is 1. The summed E-state index contributed by atoms with van der Waals surface area (Å²) < 4.78 is 25.8. The van der Waals surface area contributed by atoms with Crippen LogP contribution in [0.15, 0.2) is 23.4 Å². The molecule has 0 atom stereocenters. The Hall–Kier alpha value is -0.850. The Morgan fingerprint density at radius 1 is 1.53 bits per heavy atom. The highest BCUT2D eigenvalue weighted by Crippen LogP contribution is 2.18. The quantitative estimate of drug-likeness (QED) is 0.763. The van der Waals surface area contributed by atoms with Crippen molar-refractivity contribution in [3.8, 4) is 0 Å². The van der Waals surface area contributed by atoms with Crippen LogP contribution in [-0.2, 0) is 10.0 Å². The number of rotatable bonds is 4. The second kappa shape index (κ2) is 3.96. The molecule has 0 aromatic carbocycles. The number of nitrogens with zero attached hydrogens (tertiary/aromatic N) is 1. The van der Waals surface area contributed by atoms with E-state index in [1.165, 1.54) is 6.20 Å². The molecule has 0 aliphatic carbocycles. The van der Waals surface area contributed by atoms with Crippen molar-refractivity contribution in [3.63, 3.8) is 0 Å². The lowest BCUT2D eigenvalue weighted by Crippen LogP contribution is -2.58. The monoisotopic (exact) mass is 229 g/mol. The van der Waals surface area contributed by atoms with Crippen LogP contribution in [0.2, 0.25) is 0 Å². The molecular formula is C9H15N3O2S. The van der Waals surface area contributed by atoms with Crippen LogP contribution in [0.25, 0.3) is 0 Å². The van der Waals surface area contributed by atoms with Crippen LogP contribution < -0.4 is 5.32 Å². The number of sulfonamides is 1. The Bertz CT molecular complexity index is 409. The number of hydrogen-bond acceptors (Lipinski definition) is 3. The van der Waals surface area contributed by atoms with E-state index in [9.17, 15) is 8.42 Å². The molecule has 2 rings (SSSR count). The van der Waals surface area contributed by atoms with Gasteiger partial charge in [-0.2, -0.15) is 4.31 Å². The molecule has 1 aliphatic heterocycles. The maximum atomic E-state index is 12.1. The standard InChI is InChI=1S/C9H15N3O2S/c1-2-12(8-5-11-6-8)15(13,14)9-3-4-10-7-9/h3-4,7-8,10-11H,2,5-6H2,1H3. The lowest BCUT2D eigenvalue weighted by molar-refractivity contribution is 0.249. The van der Waals surface area contributed by atoms with E-state index < -0.39 is 10.0 Å². The third-order valence-corrected chi connectivity index (χ3v) is 4.68. The molecule has 1 saturated heterocycles. The van der Waals surface area contributed by atoms with E-state index in [-0.39, 0.29) is 6.04 Å². The minimum atomic E-state index is -3.31. The van der Waals surface area contributed by atoms with Gasteiger partial charge in [0.2, 0.25) is 10.0 Å². The third-order valence-electron chi connectivity index (χ3n) is 2.65. The molecule has 1 aromatic rings. The molecule has 0 unspecified atom stereocenters. The number of likely N-dealkylation sites (N-methyl/N-ethyl adjacent to an activating group) is 1. The van der Waals surface area contributed by atoms with Gasteiger partial charge in [0.05, 0.1) is 10.9 Å². The predicted molar refractivity (Wildman–Crippen MR) is 57.0 cm³/mol. The van der Waals surface area contributed by atoms with Crippen molar-refractivity contribution < 1.29 is 8.42 Å². The van der Waals surface area contributed by atoms with E-state index in [2.05, 4.69) is 10.3 Å². The summed E-state index contributed by atoms with van der Waals surface area (Å²) in [6.45, 7) is 3.87. The normalized spacial score (nSPS) is 18.0. The summed E-state index contributed by atoms with van der Waals surface area (Å²) in [5, 5.41) is 3.08. The Morgan fingerprint density at radius 3 is 2.67 bits per heavy atom. The molecule has 0 amide bonds. The van der Waals surface area contributed by atoms with Gasteiger partial charge in [-0.15, -0.1) is 0 Å². The van der Waals surface area contributed by atoms with Crippen molar-refractivity contribution >= 4 is 10.0 Å². The Balaban J connectivity index is 2.27. The van der Waals surface area contributed by atoms with Crippen LogP contribution in [0.5, 0.6) is 0 Å². The van der Waals surface area contributed by atoms with E-state index in [1.807, 2.05) is 6.92 Å². The summed E-state index contributed by atoms with van der Waals surface area (Å²) in [6.07, 6.45) is 3.14. The zero-order valence-electron chi connectivity index (χ0n) is 8.60. The molecule has 1 fully saturated rings. The lowest BCUT2D eigenvalue weighted by Gasteiger charge is -2.36. The average molecular weight is 229 g/mol. The lowest BCUT2D eigenvalue weighted by atomic mass is 10.2. The minimum Gasteiger partial charge on any atom is -0.366 e. The fourth-order valence-electron chi connectivity index (χ4n) is 1.71. The van der Waals surface area contributed by atoms with Gasteiger partial charge in [0.15, 0.2) is 0 Å². The molecule has 1 aromatic heterocycles. The molecule has 0 radical (unpaired) electrons. The highest BCUT2D eigenvalue weighted by atomic mass is 32.2. The summed E-state index contributed by atoms with van der Waals surface area (Å²) in [5.74, 6) is 0. The van der Waals surface area contributed by atoms with Crippen molar-refractivity contribution in [1.82, 2.24) is 14.6 Å². The molecule has 0 saturated carbocycles. The summed E-state index contributed by atoms with van der Waals surface area (Å²) >= 11 is 0. The molecule has 0 bridgehead atoms. The second-order valence-electron chi connectivity index (χ2n) is 3.57. The molecule has 5 nitrogen and oxygen atoms in total. The fourth-order valence-corrected chi connectivity index (χ4v) is 3.32. The molecule has 0 spiro atoms. The maximum Gasteiger partial charge on any atom is 0.244 e. The molecule has 1 aliphatic rings. The highest BCUT2D eigenvalue weighted by molar-refractivity contribution is 7.89. The first-order valence-corrected chi connectivity index (χ1v) is 6.45. The summed E-state index contributed by atoms with van der Waals surface area (Å²) in [6, 6.07) is 1.69. The van der Waals surface area contributed by atoms with Gasteiger partial charge in [-0.25, -0.2) is 8.42 Å². The summed E-state index contributed by atoms with van der Waals surface area (Å²) in [7, 11) is -3.31. The largest absolute Gasteiger partial charge is 0.366 e. The summed E-state index contributed by atoms with van der Waals surface area (Å²) in [5.41, 5.74) is 0. The third kappa shape index (κ3) is 1.80. The zero-order chi connectivity index (χ0) is 10.9. The van der Waals surface area contributed by atoms with Gasteiger partial charge in [-0.05, 0) is 6.07 Å². The van der Waals surface area contributed by atoms with E-state index in [0.717, 1.165) is 13.1 Å². The van der Waals surface area contributed by atoms with Crippen LogP contribution in [-0.4, -0.2) is 43.4 Å².